The molecule has 0 spiro atoms. The lowest BCUT2D eigenvalue weighted by atomic mass is 10.2. The maximum atomic E-state index is 4.79. The van der Waals surface area contributed by atoms with Crippen molar-refractivity contribution in [2.45, 2.75) is 26.2 Å². The molecule has 0 aliphatic carbocycles. The van der Waals surface area contributed by atoms with Crippen molar-refractivity contribution in [3.8, 4) is 0 Å². The first-order valence-electron chi connectivity index (χ1n) is 3.18. The van der Waals surface area contributed by atoms with Crippen LogP contribution in [0.1, 0.15) is 26.2 Å². The Morgan fingerprint density at radius 3 is 2.78 bits per heavy atom. The summed E-state index contributed by atoms with van der Waals surface area (Å²) in [6, 6.07) is 0. The first kappa shape index (κ1) is 9.02. The second-order valence-electron chi connectivity index (χ2n) is 1.90. The third kappa shape index (κ3) is 5.90. The van der Waals surface area contributed by atoms with Gasteiger partial charge in [0, 0.05) is 4.48 Å². The quantitative estimate of drug-likeness (QED) is 0.623. The molecule has 0 fully saturated rings. The highest BCUT2D eigenvalue weighted by Gasteiger charge is 1.88. The van der Waals surface area contributed by atoms with Crippen molar-refractivity contribution in [2.24, 2.45) is 0 Å². The molecule has 0 aliphatic heterocycles. The van der Waals surface area contributed by atoms with E-state index in [1.54, 1.807) is 13.4 Å². The lowest BCUT2D eigenvalue weighted by Gasteiger charge is -1.94. The van der Waals surface area contributed by atoms with E-state index in [1.165, 1.54) is 12.8 Å². The molecule has 0 radical (unpaired) electrons. The van der Waals surface area contributed by atoms with Crippen LogP contribution < -0.4 is 0 Å². The summed E-state index contributed by atoms with van der Waals surface area (Å²) in [7, 11) is 1.66. The van der Waals surface area contributed by atoms with Gasteiger partial charge in [-0.1, -0.05) is 29.3 Å². The molecule has 2 heteroatoms. The average molecular weight is 193 g/mol. The van der Waals surface area contributed by atoms with Crippen LogP contribution in [0.5, 0.6) is 0 Å². The van der Waals surface area contributed by atoms with E-state index in [1.807, 2.05) is 0 Å². The van der Waals surface area contributed by atoms with Crippen LogP contribution in [0.15, 0.2) is 10.7 Å². The third-order valence-electron chi connectivity index (χ3n) is 1.01. The summed E-state index contributed by atoms with van der Waals surface area (Å²) in [5.41, 5.74) is 0. The van der Waals surface area contributed by atoms with E-state index in [9.17, 15) is 0 Å². The molecule has 54 valence electrons. The van der Waals surface area contributed by atoms with Crippen LogP contribution in [0.4, 0.5) is 0 Å². The molecule has 9 heavy (non-hydrogen) atoms. The fourth-order valence-electron chi connectivity index (χ4n) is 0.532. The Labute approximate surface area is 65.2 Å². The number of hydrogen-bond acceptors (Lipinski definition) is 1. The van der Waals surface area contributed by atoms with Crippen molar-refractivity contribution in [3.05, 3.63) is 10.7 Å². The highest BCUT2D eigenvalue weighted by Crippen LogP contribution is 2.13. The number of unbranched alkanes of at least 4 members (excludes halogenated alkanes) is 1. The van der Waals surface area contributed by atoms with E-state index in [-0.39, 0.29) is 0 Å². The Hall–Kier alpha value is 0.0200. The zero-order valence-electron chi connectivity index (χ0n) is 5.98. The minimum atomic E-state index is 1.09. The maximum absolute atomic E-state index is 4.79. The van der Waals surface area contributed by atoms with Crippen molar-refractivity contribution >= 4 is 15.9 Å². The number of methoxy groups -OCH3 is 1. The topological polar surface area (TPSA) is 9.23 Å². The molecule has 0 N–H and O–H groups in total. The SMILES string of the molecule is CCCC/C(Br)=C/OC. The molecule has 1 nitrogen and oxygen atoms in total. The van der Waals surface area contributed by atoms with Crippen molar-refractivity contribution in [1.82, 2.24) is 0 Å². The lowest BCUT2D eigenvalue weighted by Crippen LogP contribution is -1.74. The molecule has 0 rings (SSSR count). The van der Waals surface area contributed by atoms with Crippen LogP contribution in [-0.4, -0.2) is 7.11 Å². The summed E-state index contributed by atoms with van der Waals surface area (Å²) < 4.78 is 5.94. The Balaban J connectivity index is 3.25. The molecule has 0 aromatic rings. The zero-order valence-corrected chi connectivity index (χ0v) is 7.57. The molecule has 0 saturated heterocycles. The van der Waals surface area contributed by atoms with E-state index in [0.29, 0.717) is 0 Å². The standard InChI is InChI=1S/C7H13BrO/c1-3-4-5-7(8)6-9-2/h6H,3-5H2,1-2H3/b7-6-. The van der Waals surface area contributed by atoms with Crippen LogP contribution in [0.3, 0.4) is 0 Å². The first-order chi connectivity index (χ1) is 4.31. The molecule has 0 atom stereocenters. The minimum absolute atomic E-state index is 1.09. The van der Waals surface area contributed by atoms with Gasteiger partial charge < -0.3 is 4.74 Å². The molecule has 0 aromatic heterocycles. The normalized spacial score (nSPS) is 11.7. The zero-order chi connectivity index (χ0) is 7.11. The van der Waals surface area contributed by atoms with Gasteiger partial charge in [0.25, 0.3) is 0 Å². The third-order valence-corrected chi connectivity index (χ3v) is 1.60. The molecule has 0 amide bonds. The summed E-state index contributed by atoms with van der Waals surface area (Å²) in [5.74, 6) is 0. The fraction of sp³-hybridized carbons (Fsp3) is 0.714. The second kappa shape index (κ2) is 6.14. The highest BCUT2D eigenvalue weighted by atomic mass is 79.9. The van der Waals surface area contributed by atoms with Crippen LogP contribution in [0.2, 0.25) is 0 Å². The van der Waals surface area contributed by atoms with Gasteiger partial charge in [-0.05, 0) is 12.8 Å². The van der Waals surface area contributed by atoms with E-state index >= 15 is 0 Å². The summed E-state index contributed by atoms with van der Waals surface area (Å²) in [5, 5.41) is 0. The van der Waals surface area contributed by atoms with Crippen LogP contribution in [0, 0.1) is 0 Å². The van der Waals surface area contributed by atoms with Crippen LogP contribution >= 0.6 is 15.9 Å². The molecule has 0 aliphatic rings. The molecular formula is C7H13BrO. The lowest BCUT2D eigenvalue weighted by molar-refractivity contribution is 0.335. The van der Waals surface area contributed by atoms with Gasteiger partial charge in [0.15, 0.2) is 0 Å². The average Bonchev–Trinajstić information content (AvgIpc) is 1.85. The molecule has 0 heterocycles. The first-order valence-corrected chi connectivity index (χ1v) is 3.98. The Morgan fingerprint density at radius 2 is 2.33 bits per heavy atom. The summed E-state index contributed by atoms with van der Waals surface area (Å²) in [4.78, 5) is 0. The van der Waals surface area contributed by atoms with Crippen molar-refractivity contribution < 1.29 is 4.74 Å². The van der Waals surface area contributed by atoms with Gasteiger partial charge in [0.05, 0.1) is 13.4 Å². The minimum Gasteiger partial charge on any atom is -0.504 e. The van der Waals surface area contributed by atoms with Gasteiger partial charge in [-0.3, -0.25) is 0 Å². The number of ether oxygens (including phenoxy) is 1. The number of hydrogen-bond donors (Lipinski definition) is 0. The van der Waals surface area contributed by atoms with Crippen molar-refractivity contribution in [1.29, 1.82) is 0 Å². The molecule has 0 saturated carbocycles. The van der Waals surface area contributed by atoms with Gasteiger partial charge in [-0.2, -0.15) is 0 Å². The monoisotopic (exact) mass is 192 g/mol. The van der Waals surface area contributed by atoms with Gasteiger partial charge in [0.2, 0.25) is 0 Å². The summed E-state index contributed by atoms with van der Waals surface area (Å²) in [6.45, 7) is 2.17. The molecule has 0 unspecified atom stereocenters. The Morgan fingerprint density at radius 1 is 1.67 bits per heavy atom. The predicted molar refractivity (Wildman–Crippen MR) is 43.5 cm³/mol. The molecular weight excluding hydrogens is 180 g/mol. The van der Waals surface area contributed by atoms with Crippen molar-refractivity contribution in [2.75, 3.05) is 7.11 Å². The van der Waals surface area contributed by atoms with E-state index in [2.05, 4.69) is 22.9 Å². The van der Waals surface area contributed by atoms with Gasteiger partial charge in [0.1, 0.15) is 0 Å². The van der Waals surface area contributed by atoms with Crippen LogP contribution in [0.25, 0.3) is 0 Å². The maximum Gasteiger partial charge on any atom is 0.0925 e. The Kier molecular flexibility index (Phi) is 6.16. The summed E-state index contributed by atoms with van der Waals surface area (Å²) >= 11 is 3.38. The number of halogens is 1. The molecule has 0 aromatic carbocycles. The number of allylic oxidation sites excluding steroid dienone is 1. The van der Waals surface area contributed by atoms with E-state index < -0.39 is 0 Å². The van der Waals surface area contributed by atoms with Crippen LogP contribution in [-0.2, 0) is 4.74 Å². The number of rotatable bonds is 4. The summed E-state index contributed by atoms with van der Waals surface area (Å²) in [6.07, 6.45) is 5.27. The largest absolute Gasteiger partial charge is 0.504 e. The molecule has 0 bridgehead atoms. The Bertz CT molecular complexity index is 88.9. The second-order valence-corrected chi connectivity index (χ2v) is 2.92. The van der Waals surface area contributed by atoms with Gasteiger partial charge in [-0.15, -0.1) is 0 Å². The van der Waals surface area contributed by atoms with E-state index in [0.717, 1.165) is 10.9 Å². The van der Waals surface area contributed by atoms with Crippen molar-refractivity contribution in [3.63, 3.8) is 0 Å². The smallest absolute Gasteiger partial charge is 0.0925 e. The van der Waals surface area contributed by atoms with Gasteiger partial charge in [-0.25, -0.2) is 0 Å². The van der Waals surface area contributed by atoms with Gasteiger partial charge >= 0.3 is 0 Å². The predicted octanol–water partition coefficient (Wildman–Crippen LogP) is 3.06. The highest BCUT2D eigenvalue weighted by molar-refractivity contribution is 9.11. The fourth-order valence-corrected chi connectivity index (χ4v) is 1.000. The van der Waals surface area contributed by atoms with E-state index in [4.69, 9.17) is 4.74 Å².